The molecule has 2 saturated carbocycles. The summed E-state index contributed by atoms with van der Waals surface area (Å²) in [5.41, 5.74) is 1.28. The molecule has 2 heteroatoms. The largest absolute Gasteiger partial charge is 0.241 e. The molecular formula is C26H42N2. The molecule has 1 heterocycles. The fraction of sp³-hybridized carbons (Fsp3) is 0.769. The van der Waals surface area contributed by atoms with Gasteiger partial charge in [0.1, 0.15) is 5.82 Å². The maximum atomic E-state index is 4.67. The van der Waals surface area contributed by atoms with Crippen LogP contribution in [0.25, 0.3) is 0 Å². The first-order valence-corrected chi connectivity index (χ1v) is 12.3. The van der Waals surface area contributed by atoms with Crippen LogP contribution in [0, 0.1) is 17.8 Å². The minimum atomic E-state index is 0.582. The third-order valence-corrected chi connectivity index (χ3v) is 7.16. The van der Waals surface area contributed by atoms with Crippen molar-refractivity contribution in [3.05, 3.63) is 35.9 Å². The number of hydrogen-bond acceptors (Lipinski definition) is 2. The number of hydrogen-bond donors (Lipinski definition) is 0. The van der Waals surface area contributed by atoms with E-state index in [4.69, 9.17) is 0 Å². The van der Waals surface area contributed by atoms with Crippen molar-refractivity contribution in [1.29, 1.82) is 0 Å². The molecule has 0 amide bonds. The Morgan fingerprint density at radius 1 is 0.786 bits per heavy atom. The lowest BCUT2D eigenvalue weighted by Crippen LogP contribution is -2.15. The van der Waals surface area contributed by atoms with Crippen LogP contribution in [0.3, 0.4) is 0 Å². The minimum Gasteiger partial charge on any atom is -0.241 e. The molecule has 2 aliphatic carbocycles. The van der Waals surface area contributed by atoms with Crippen molar-refractivity contribution in [2.24, 2.45) is 17.8 Å². The fourth-order valence-electron chi connectivity index (χ4n) is 5.23. The second-order valence-corrected chi connectivity index (χ2v) is 9.47. The summed E-state index contributed by atoms with van der Waals surface area (Å²) in [4.78, 5) is 9.34. The molecule has 1 aromatic heterocycles. The predicted octanol–water partition coefficient (Wildman–Crippen LogP) is 7.65. The Balaban J connectivity index is 1.36. The van der Waals surface area contributed by atoms with E-state index in [1.165, 1.54) is 89.0 Å². The van der Waals surface area contributed by atoms with Gasteiger partial charge in [0.2, 0.25) is 0 Å². The normalized spacial score (nSPS) is 28.6. The van der Waals surface area contributed by atoms with Crippen molar-refractivity contribution in [1.82, 2.24) is 9.97 Å². The van der Waals surface area contributed by atoms with E-state index in [-0.39, 0.29) is 0 Å². The first-order chi connectivity index (χ1) is 13.8. The maximum absolute atomic E-state index is 4.67. The van der Waals surface area contributed by atoms with Gasteiger partial charge in [-0.15, -0.1) is 0 Å². The number of rotatable bonds is 9. The van der Waals surface area contributed by atoms with Crippen molar-refractivity contribution < 1.29 is 0 Å². The van der Waals surface area contributed by atoms with Crippen LogP contribution in [0.4, 0.5) is 0 Å². The van der Waals surface area contributed by atoms with E-state index in [1.807, 2.05) is 0 Å². The molecule has 156 valence electrons. The van der Waals surface area contributed by atoms with E-state index in [1.54, 1.807) is 0 Å². The first-order valence-electron chi connectivity index (χ1n) is 12.3. The van der Waals surface area contributed by atoms with E-state index in [0.29, 0.717) is 5.92 Å². The van der Waals surface area contributed by atoms with Gasteiger partial charge in [-0.2, -0.15) is 0 Å². The van der Waals surface area contributed by atoms with Crippen LogP contribution in [0.5, 0.6) is 0 Å². The van der Waals surface area contributed by atoms with Crippen LogP contribution < -0.4 is 0 Å². The number of unbranched alkanes of at least 4 members (excludes halogenated alkanes) is 2. The van der Waals surface area contributed by atoms with Crippen LogP contribution in [0.2, 0.25) is 0 Å². The molecule has 2 aliphatic rings. The Labute approximate surface area is 173 Å². The van der Waals surface area contributed by atoms with Gasteiger partial charge in [0.05, 0.1) is 0 Å². The van der Waals surface area contributed by atoms with Gasteiger partial charge < -0.3 is 0 Å². The van der Waals surface area contributed by atoms with E-state index in [2.05, 4.69) is 48.4 Å². The van der Waals surface area contributed by atoms with Crippen LogP contribution in [0.15, 0.2) is 24.5 Å². The summed E-state index contributed by atoms with van der Waals surface area (Å²) in [6, 6.07) is 0. The second-order valence-electron chi connectivity index (χ2n) is 9.47. The first kappa shape index (κ1) is 21.5. The highest BCUT2D eigenvalue weighted by Crippen LogP contribution is 2.36. The molecule has 1 aromatic rings. The number of aromatic nitrogens is 2. The SMILES string of the molecule is CCCCCC1CCC(/C=C/C2CCC(c3ncc(CCC)cn3)CC2)CC1. The zero-order chi connectivity index (χ0) is 19.6. The van der Waals surface area contributed by atoms with Crippen LogP contribution >= 0.6 is 0 Å². The van der Waals surface area contributed by atoms with Gasteiger partial charge in [0, 0.05) is 18.3 Å². The topological polar surface area (TPSA) is 25.8 Å². The summed E-state index contributed by atoms with van der Waals surface area (Å²) in [5, 5.41) is 0. The van der Waals surface area contributed by atoms with Crippen molar-refractivity contribution in [3.8, 4) is 0 Å². The molecule has 0 spiro atoms. The summed E-state index contributed by atoms with van der Waals surface area (Å²) >= 11 is 0. The molecule has 0 aromatic carbocycles. The fourth-order valence-corrected chi connectivity index (χ4v) is 5.23. The van der Waals surface area contributed by atoms with E-state index < -0.39 is 0 Å². The van der Waals surface area contributed by atoms with E-state index in [0.717, 1.165) is 30.0 Å². The van der Waals surface area contributed by atoms with Crippen molar-refractivity contribution in [3.63, 3.8) is 0 Å². The van der Waals surface area contributed by atoms with E-state index >= 15 is 0 Å². The molecule has 0 atom stereocenters. The molecule has 3 rings (SSSR count). The Morgan fingerprint density at radius 3 is 1.96 bits per heavy atom. The van der Waals surface area contributed by atoms with Gasteiger partial charge in [-0.3, -0.25) is 0 Å². The molecule has 0 N–H and O–H groups in total. The molecule has 0 aliphatic heterocycles. The van der Waals surface area contributed by atoms with Gasteiger partial charge >= 0.3 is 0 Å². The molecular weight excluding hydrogens is 340 g/mol. The van der Waals surface area contributed by atoms with Crippen molar-refractivity contribution in [2.45, 2.75) is 110 Å². The highest BCUT2D eigenvalue weighted by atomic mass is 14.9. The third kappa shape index (κ3) is 6.71. The quantitative estimate of drug-likeness (QED) is 0.324. The second kappa shape index (κ2) is 11.7. The van der Waals surface area contributed by atoms with Gasteiger partial charge in [-0.25, -0.2) is 9.97 Å². The highest BCUT2D eigenvalue weighted by Gasteiger charge is 2.24. The third-order valence-electron chi connectivity index (χ3n) is 7.16. The predicted molar refractivity (Wildman–Crippen MR) is 119 cm³/mol. The van der Waals surface area contributed by atoms with Crippen molar-refractivity contribution in [2.75, 3.05) is 0 Å². The molecule has 0 unspecified atom stereocenters. The lowest BCUT2D eigenvalue weighted by Gasteiger charge is -2.28. The Hall–Kier alpha value is -1.18. The number of allylic oxidation sites excluding steroid dienone is 2. The van der Waals surface area contributed by atoms with E-state index in [9.17, 15) is 0 Å². The molecule has 0 saturated heterocycles. The average Bonchev–Trinajstić information content (AvgIpc) is 2.75. The van der Waals surface area contributed by atoms with Crippen molar-refractivity contribution >= 4 is 0 Å². The number of aryl methyl sites for hydroxylation is 1. The standard InChI is InChI=1S/C26H42N2/c1-3-5-6-8-21-9-11-22(12-10-21)13-14-23-15-17-25(18-16-23)26-27-19-24(7-4-2)20-28-26/h13-14,19-23,25H,3-12,15-18H2,1-2H3/b14-13+. The molecule has 0 radical (unpaired) electrons. The van der Waals surface area contributed by atoms with Gasteiger partial charge in [-0.1, -0.05) is 58.1 Å². The lowest BCUT2D eigenvalue weighted by molar-refractivity contribution is 0.287. The van der Waals surface area contributed by atoms with Gasteiger partial charge in [0.25, 0.3) is 0 Å². The van der Waals surface area contributed by atoms with Gasteiger partial charge in [-0.05, 0) is 81.1 Å². The van der Waals surface area contributed by atoms with Gasteiger partial charge in [0.15, 0.2) is 0 Å². The van der Waals surface area contributed by atoms with Crippen LogP contribution in [-0.2, 0) is 6.42 Å². The lowest BCUT2D eigenvalue weighted by atomic mass is 9.78. The monoisotopic (exact) mass is 382 g/mol. The molecule has 2 fully saturated rings. The summed E-state index contributed by atoms with van der Waals surface area (Å²) in [5.74, 6) is 4.34. The van der Waals surface area contributed by atoms with Crippen LogP contribution in [-0.4, -0.2) is 9.97 Å². The summed E-state index contributed by atoms with van der Waals surface area (Å²) in [7, 11) is 0. The minimum absolute atomic E-state index is 0.582. The summed E-state index contributed by atoms with van der Waals surface area (Å²) in [6.07, 6.45) is 28.2. The molecule has 28 heavy (non-hydrogen) atoms. The zero-order valence-electron chi connectivity index (χ0n) is 18.4. The highest BCUT2D eigenvalue weighted by molar-refractivity contribution is 5.09. The zero-order valence-corrected chi connectivity index (χ0v) is 18.4. The number of nitrogens with zero attached hydrogens (tertiary/aromatic N) is 2. The molecule has 2 nitrogen and oxygen atoms in total. The van der Waals surface area contributed by atoms with Crippen LogP contribution in [0.1, 0.15) is 115 Å². The smallest absolute Gasteiger partial charge is 0.131 e. The average molecular weight is 383 g/mol. The maximum Gasteiger partial charge on any atom is 0.131 e. The summed E-state index contributed by atoms with van der Waals surface area (Å²) < 4.78 is 0. The Kier molecular flexibility index (Phi) is 9.02. The summed E-state index contributed by atoms with van der Waals surface area (Å²) in [6.45, 7) is 4.52. The Morgan fingerprint density at radius 2 is 1.39 bits per heavy atom. The molecule has 0 bridgehead atoms. The Bertz CT molecular complexity index is 561.